The molecular weight excluding hydrogens is 334 g/mol. The fourth-order valence-corrected chi connectivity index (χ4v) is 3.19. The van der Waals surface area contributed by atoms with Gasteiger partial charge in [-0.1, -0.05) is 18.2 Å². The molecule has 1 aromatic heterocycles. The van der Waals surface area contributed by atoms with Gasteiger partial charge in [0.25, 0.3) is 0 Å². The molecule has 0 aliphatic carbocycles. The van der Waals surface area contributed by atoms with Gasteiger partial charge in [-0.3, -0.25) is 14.6 Å². The molecule has 6 nitrogen and oxygen atoms in total. The maximum absolute atomic E-state index is 11.8. The molecule has 6 heteroatoms. The number of phenols is 2. The van der Waals surface area contributed by atoms with Gasteiger partial charge < -0.3 is 15.3 Å². The zero-order valence-corrected chi connectivity index (χ0v) is 14.0. The number of rotatable bonds is 5. The van der Waals surface area contributed by atoms with Gasteiger partial charge in [0.2, 0.25) is 0 Å². The first-order valence-electron chi connectivity index (χ1n) is 8.01. The fraction of sp³-hybridized carbons (Fsp3) is 0.150. The number of para-hydroxylation sites is 1. The third-order valence-corrected chi connectivity index (χ3v) is 4.36. The van der Waals surface area contributed by atoms with E-state index in [2.05, 4.69) is 4.98 Å². The molecule has 3 N–H and O–H groups in total. The smallest absolute Gasteiger partial charge is 0.304 e. The standard InChI is InChI=1S/C20H17NO5/c1-11(22)12-6-7-17(23)19(20(12)26)15(10-18(24)25)13-8-9-21-16-5-3-2-4-14(13)16/h2-9,15,23,26H,10H2,1H3,(H,24,25). The number of Topliss-reactive ketones (excluding diaryl/α,β-unsaturated/α-hetero) is 1. The molecule has 0 radical (unpaired) electrons. The van der Waals surface area contributed by atoms with E-state index in [1.807, 2.05) is 6.07 Å². The number of hydrogen-bond donors (Lipinski definition) is 3. The molecular formula is C20H17NO5. The second kappa shape index (κ2) is 6.84. The van der Waals surface area contributed by atoms with Crippen molar-refractivity contribution in [2.75, 3.05) is 0 Å². The Labute approximate surface area is 149 Å². The lowest BCUT2D eigenvalue weighted by Gasteiger charge is -2.21. The van der Waals surface area contributed by atoms with Gasteiger partial charge in [0.05, 0.1) is 17.5 Å². The molecule has 3 rings (SSSR count). The molecule has 2 aromatic carbocycles. The van der Waals surface area contributed by atoms with Crippen LogP contribution in [0.25, 0.3) is 10.9 Å². The van der Waals surface area contributed by atoms with Gasteiger partial charge in [-0.15, -0.1) is 0 Å². The molecule has 0 bridgehead atoms. The lowest BCUT2D eigenvalue weighted by molar-refractivity contribution is -0.137. The van der Waals surface area contributed by atoms with Gasteiger partial charge in [-0.05, 0) is 36.8 Å². The van der Waals surface area contributed by atoms with Crippen molar-refractivity contribution >= 4 is 22.7 Å². The Morgan fingerprint density at radius 2 is 1.81 bits per heavy atom. The van der Waals surface area contributed by atoms with E-state index in [-0.39, 0.29) is 29.1 Å². The molecule has 3 aromatic rings. The number of carbonyl (C=O) groups is 2. The van der Waals surface area contributed by atoms with E-state index in [0.717, 1.165) is 0 Å². The number of aromatic nitrogens is 1. The summed E-state index contributed by atoms with van der Waals surface area (Å²) in [4.78, 5) is 27.5. The molecule has 0 amide bonds. The molecule has 1 heterocycles. The highest BCUT2D eigenvalue weighted by molar-refractivity contribution is 5.98. The van der Waals surface area contributed by atoms with Crippen molar-refractivity contribution in [3.05, 3.63) is 65.4 Å². The molecule has 0 spiro atoms. The number of carboxylic acid groups (broad SMARTS) is 1. The minimum Gasteiger partial charge on any atom is -0.508 e. The number of hydrogen-bond acceptors (Lipinski definition) is 5. The van der Waals surface area contributed by atoms with Crippen LogP contribution in [0, 0.1) is 0 Å². The van der Waals surface area contributed by atoms with Crippen molar-refractivity contribution in [3.8, 4) is 11.5 Å². The summed E-state index contributed by atoms with van der Waals surface area (Å²) in [6, 6.07) is 11.5. The molecule has 0 saturated carbocycles. The summed E-state index contributed by atoms with van der Waals surface area (Å²) in [5.74, 6) is -2.98. The van der Waals surface area contributed by atoms with Crippen LogP contribution in [0.1, 0.15) is 40.7 Å². The van der Waals surface area contributed by atoms with Crippen LogP contribution < -0.4 is 0 Å². The van der Waals surface area contributed by atoms with Crippen molar-refractivity contribution in [1.82, 2.24) is 4.98 Å². The van der Waals surface area contributed by atoms with E-state index < -0.39 is 17.6 Å². The number of pyridine rings is 1. The average Bonchev–Trinajstić information content (AvgIpc) is 2.59. The molecule has 0 saturated heterocycles. The number of ketones is 1. The predicted octanol–water partition coefficient (Wildman–Crippen LogP) is 3.46. The summed E-state index contributed by atoms with van der Waals surface area (Å²) >= 11 is 0. The van der Waals surface area contributed by atoms with Crippen LogP contribution in [0.2, 0.25) is 0 Å². The Morgan fingerprint density at radius 1 is 1.08 bits per heavy atom. The minimum absolute atomic E-state index is 0.0245. The summed E-state index contributed by atoms with van der Waals surface area (Å²) in [6.45, 7) is 1.30. The number of carbonyl (C=O) groups excluding carboxylic acids is 1. The first-order chi connectivity index (χ1) is 12.4. The quantitative estimate of drug-likeness (QED) is 0.608. The summed E-state index contributed by atoms with van der Waals surface area (Å²) in [6.07, 6.45) is 1.19. The minimum atomic E-state index is -1.09. The number of carboxylic acids is 1. The largest absolute Gasteiger partial charge is 0.508 e. The van der Waals surface area contributed by atoms with Crippen molar-refractivity contribution in [2.24, 2.45) is 0 Å². The molecule has 1 atom stereocenters. The number of fused-ring (bicyclic) bond motifs is 1. The highest BCUT2D eigenvalue weighted by Gasteiger charge is 2.28. The van der Waals surface area contributed by atoms with E-state index in [1.165, 1.54) is 19.1 Å². The Kier molecular flexibility index (Phi) is 4.58. The lowest BCUT2D eigenvalue weighted by Crippen LogP contribution is -2.10. The number of phenolic OH excluding ortho intramolecular Hbond substituents is 2. The topological polar surface area (TPSA) is 108 Å². The maximum Gasteiger partial charge on any atom is 0.304 e. The summed E-state index contributed by atoms with van der Waals surface area (Å²) in [5, 5.41) is 31.0. The van der Waals surface area contributed by atoms with Crippen LogP contribution in [-0.4, -0.2) is 32.1 Å². The highest BCUT2D eigenvalue weighted by Crippen LogP contribution is 2.43. The number of benzene rings is 2. The lowest BCUT2D eigenvalue weighted by atomic mass is 9.84. The predicted molar refractivity (Wildman–Crippen MR) is 95.6 cm³/mol. The first kappa shape index (κ1) is 17.4. The summed E-state index contributed by atoms with van der Waals surface area (Å²) in [5.41, 5.74) is 1.33. The Hall–Kier alpha value is -3.41. The van der Waals surface area contributed by atoms with E-state index in [0.29, 0.717) is 16.5 Å². The fourth-order valence-electron chi connectivity index (χ4n) is 3.19. The van der Waals surface area contributed by atoms with Crippen molar-refractivity contribution in [2.45, 2.75) is 19.3 Å². The van der Waals surface area contributed by atoms with Crippen LogP contribution in [0.5, 0.6) is 11.5 Å². The maximum atomic E-state index is 11.8. The second-order valence-electron chi connectivity index (χ2n) is 6.02. The van der Waals surface area contributed by atoms with Gasteiger partial charge in [-0.2, -0.15) is 0 Å². The van der Waals surface area contributed by atoms with Crippen LogP contribution >= 0.6 is 0 Å². The zero-order valence-electron chi connectivity index (χ0n) is 14.0. The zero-order chi connectivity index (χ0) is 18.8. The van der Waals surface area contributed by atoms with Crippen LogP contribution in [-0.2, 0) is 4.79 Å². The summed E-state index contributed by atoms with van der Waals surface area (Å²) < 4.78 is 0. The van der Waals surface area contributed by atoms with Gasteiger partial charge in [0.1, 0.15) is 11.5 Å². The van der Waals surface area contributed by atoms with E-state index >= 15 is 0 Å². The van der Waals surface area contributed by atoms with Gasteiger partial charge in [-0.25, -0.2) is 0 Å². The van der Waals surface area contributed by atoms with Crippen LogP contribution in [0.15, 0.2) is 48.7 Å². The van der Waals surface area contributed by atoms with Gasteiger partial charge in [0.15, 0.2) is 5.78 Å². The molecule has 132 valence electrons. The van der Waals surface area contributed by atoms with Crippen molar-refractivity contribution in [3.63, 3.8) is 0 Å². The highest BCUT2D eigenvalue weighted by atomic mass is 16.4. The molecule has 0 aliphatic heterocycles. The number of aliphatic carboxylic acids is 1. The SMILES string of the molecule is CC(=O)c1ccc(O)c(C(CC(=O)O)c2ccnc3ccccc23)c1O. The normalized spacial score (nSPS) is 12.0. The third-order valence-electron chi connectivity index (χ3n) is 4.36. The average molecular weight is 351 g/mol. The Bertz CT molecular complexity index is 1010. The molecule has 26 heavy (non-hydrogen) atoms. The van der Waals surface area contributed by atoms with Crippen molar-refractivity contribution in [1.29, 1.82) is 0 Å². The first-order valence-corrected chi connectivity index (χ1v) is 8.01. The number of nitrogens with zero attached hydrogens (tertiary/aromatic N) is 1. The van der Waals surface area contributed by atoms with Crippen LogP contribution in [0.4, 0.5) is 0 Å². The van der Waals surface area contributed by atoms with Gasteiger partial charge >= 0.3 is 5.97 Å². The van der Waals surface area contributed by atoms with E-state index in [9.17, 15) is 24.9 Å². The third kappa shape index (κ3) is 3.09. The molecule has 1 unspecified atom stereocenters. The van der Waals surface area contributed by atoms with Gasteiger partial charge in [0, 0.05) is 23.1 Å². The van der Waals surface area contributed by atoms with Crippen LogP contribution in [0.3, 0.4) is 0 Å². The Morgan fingerprint density at radius 3 is 2.50 bits per heavy atom. The van der Waals surface area contributed by atoms with E-state index in [1.54, 1.807) is 30.5 Å². The van der Waals surface area contributed by atoms with Crippen molar-refractivity contribution < 1.29 is 24.9 Å². The number of aromatic hydroxyl groups is 2. The van der Waals surface area contributed by atoms with E-state index in [4.69, 9.17) is 0 Å². The second-order valence-corrected chi connectivity index (χ2v) is 6.02. The monoisotopic (exact) mass is 351 g/mol. The summed E-state index contributed by atoms with van der Waals surface area (Å²) in [7, 11) is 0. The molecule has 0 fully saturated rings. The Balaban J connectivity index is 2.30. The molecule has 0 aliphatic rings.